The van der Waals surface area contributed by atoms with Crippen LogP contribution in [0, 0.1) is 0 Å². The molecule has 0 bridgehead atoms. The van der Waals surface area contributed by atoms with Gasteiger partial charge in [0.1, 0.15) is 6.54 Å². The lowest BCUT2D eigenvalue weighted by Crippen LogP contribution is -2.35. The summed E-state index contributed by atoms with van der Waals surface area (Å²) in [5.41, 5.74) is 0.276. The summed E-state index contributed by atoms with van der Waals surface area (Å²) in [6, 6.07) is -0.268. The number of hydrogen-bond donors (Lipinski definition) is 2. The van der Waals surface area contributed by atoms with Crippen molar-refractivity contribution >= 4 is 24.0 Å². The largest absolute Gasteiger partial charge is 0.408 e. The molecule has 0 aliphatic carbocycles. The second-order valence-corrected chi connectivity index (χ2v) is 4.18. The number of halogens is 4. The zero-order valence-electron chi connectivity index (χ0n) is 9.91. The van der Waals surface area contributed by atoms with Gasteiger partial charge in [-0.05, 0) is 19.4 Å². The summed E-state index contributed by atoms with van der Waals surface area (Å²) in [5.74, 6) is -0.237. The number of amides is 1. The van der Waals surface area contributed by atoms with E-state index in [1.54, 1.807) is 0 Å². The maximum absolute atomic E-state index is 12.1. The van der Waals surface area contributed by atoms with Crippen molar-refractivity contribution in [1.82, 2.24) is 15.1 Å². The molecule has 2 heterocycles. The Kier molecular flexibility index (Phi) is 5.19. The molecule has 2 rings (SSSR count). The molecule has 1 unspecified atom stereocenters. The first-order chi connectivity index (χ1) is 8.44. The van der Waals surface area contributed by atoms with Gasteiger partial charge in [-0.3, -0.25) is 9.48 Å². The van der Waals surface area contributed by atoms with E-state index in [2.05, 4.69) is 15.7 Å². The van der Waals surface area contributed by atoms with Gasteiger partial charge >= 0.3 is 6.18 Å². The Hall–Kier alpha value is -1.28. The van der Waals surface area contributed by atoms with Crippen molar-refractivity contribution in [3.8, 4) is 0 Å². The van der Waals surface area contributed by atoms with Crippen molar-refractivity contribution in [1.29, 1.82) is 0 Å². The number of anilines is 1. The highest BCUT2D eigenvalue weighted by Crippen LogP contribution is 2.18. The molecule has 1 aliphatic rings. The Labute approximate surface area is 113 Å². The molecule has 1 atom stereocenters. The van der Waals surface area contributed by atoms with E-state index in [4.69, 9.17) is 0 Å². The van der Waals surface area contributed by atoms with Crippen LogP contribution in [-0.2, 0) is 11.3 Å². The summed E-state index contributed by atoms with van der Waals surface area (Å²) in [5, 5.41) is 9.08. The Bertz CT molecular complexity index is 429. The van der Waals surface area contributed by atoms with Crippen LogP contribution in [0.4, 0.5) is 18.9 Å². The van der Waals surface area contributed by atoms with E-state index in [9.17, 15) is 18.0 Å². The topological polar surface area (TPSA) is 59.0 Å². The summed E-state index contributed by atoms with van der Waals surface area (Å²) >= 11 is 0. The molecule has 1 aromatic rings. The summed E-state index contributed by atoms with van der Waals surface area (Å²) in [4.78, 5) is 11.7. The molecule has 5 nitrogen and oxygen atoms in total. The van der Waals surface area contributed by atoms with Gasteiger partial charge in [-0.2, -0.15) is 18.3 Å². The van der Waals surface area contributed by atoms with Gasteiger partial charge in [0.05, 0.1) is 17.9 Å². The van der Waals surface area contributed by atoms with Crippen LogP contribution >= 0.6 is 12.4 Å². The lowest BCUT2D eigenvalue weighted by Gasteiger charge is -2.09. The van der Waals surface area contributed by atoms with Crippen LogP contribution in [0.15, 0.2) is 12.4 Å². The van der Waals surface area contributed by atoms with Crippen LogP contribution < -0.4 is 10.6 Å². The standard InChI is InChI=1S/C10H13F3N4O.ClH/c11-10(12,13)6-17-5-7(4-15-17)16-9(18)8-2-1-3-14-8;/h4-5,8,14H,1-3,6H2,(H,16,18);1H. The number of aromatic nitrogens is 2. The quantitative estimate of drug-likeness (QED) is 0.890. The maximum atomic E-state index is 12.1. The zero-order chi connectivity index (χ0) is 13.2. The molecule has 0 radical (unpaired) electrons. The molecular formula is C10H14ClF3N4O. The van der Waals surface area contributed by atoms with Gasteiger partial charge in [0, 0.05) is 6.20 Å². The maximum Gasteiger partial charge on any atom is 0.408 e. The molecule has 0 saturated carbocycles. The number of carbonyl (C=O) groups excluding carboxylic acids is 1. The SMILES string of the molecule is Cl.O=C(Nc1cnn(CC(F)(F)F)c1)C1CCCN1. The molecule has 1 fully saturated rings. The van der Waals surface area contributed by atoms with Crippen molar-refractivity contribution in [2.24, 2.45) is 0 Å². The first-order valence-corrected chi connectivity index (χ1v) is 5.57. The van der Waals surface area contributed by atoms with E-state index in [0.717, 1.165) is 24.1 Å². The number of carbonyl (C=O) groups is 1. The number of alkyl halides is 3. The molecule has 108 valence electrons. The lowest BCUT2D eigenvalue weighted by molar-refractivity contribution is -0.142. The molecule has 1 aliphatic heterocycles. The first kappa shape index (κ1) is 15.8. The number of rotatable bonds is 3. The van der Waals surface area contributed by atoms with Crippen LogP contribution in [0.3, 0.4) is 0 Å². The summed E-state index contributed by atoms with van der Waals surface area (Å²) in [6.07, 6.45) is -0.285. The molecule has 1 saturated heterocycles. The Morgan fingerprint density at radius 1 is 1.58 bits per heavy atom. The Morgan fingerprint density at radius 3 is 2.89 bits per heavy atom. The fourth-order valence-corrected chi connectivity index (χ4v) is 1.84. The first-order valence-electron chi connectivity index (χ1n) is 5.57. The minimum atomic E-state index is -4.32. The highest BCUT2D eigenvalue weighted by Gasteiger charge is 2.28. The summed E-state index contributed by atoms with van der Waals surface area (Å²) in [6.45, 7) is -0.379. The molecule has 2 N–H and O–H groups in total. The van der Waals surface area contributed by atoms with E-state index in [-0.39, 0.29) is 30.0 Å². The van der Waals surface area contributed by atoms with Gasteiger partial charge in [-0.1, -0.05) is 0 Å². The summed E-state index contributed by atoms with van der Waals surface area (Å²) < 4.78 is 37.0. The van der Waals surface area contributed by atoms with Gasteiger partial charge in [0.15, 0.2) is 0 Å². The van der Waals surface area contributed by atoms with E-state index in [0.29, 0.717) is 0 Å². The Balaban J connectivity index is 0.00000180. The summed E-state index contributed by atoms with van der Waals surface area (Å²) in [7, 11) is 0. The van der Waals surface area contributed by atoms with Gasteiger partial charge in [0.2, 0.25) is 5.91 Å². The molecule has 9 heteroatoms. The second kappa shape index (κ2) is 6.25. The smallest absolute Gasteiger partial charge is 0.322 e. The van der Waals surface area contributed by atoms with E-state index < -0.39 is 12.7 Å². The number of hydrogen-bond acceptors (Lipinski definition) is 3. The monoisotopic (exact) mass is 298 g/mol. The fraction of sp³-hybridized carbons (Fsp3) is 0.600. The van der Waals surface area contributed by atoms with Gasteiger partial charge < -0.3 is 10.6 Å². The van der Waals surface area contributed by atoms with E-state index in [1.165, 1.54) is 12.4 Å². The van der Waals surface area contributed by atoms with Crippen LogP contribution in [-0.4, -0.2) is 34.5 Å². The minimum absolute atomic E-state index is 0. The van der Waals surface area contributed by atoms with Gasteiger partial charge in [-0.25, -0.2) is 0 Å². The normalized spacial score (nSPS) is 19.0. The van der Waals surface area contributed by atoms with Crippen LogP contribution in [0.25, 0.3) is 0 Å². The van der Waals surface area contributed by atoms with Crippen LogP contribution in [0.2, 0.25) is 0 Å². The number of nitrogens with zero attached hydrogens (tertiary/aromatic N) is 2. The fourth-order valence-electron chi connectivity index (χ4n) is 1.84. The minimum Gasteiger partial charge on any atom is -0.322 e. The molecular weight excluding hydrogens is 285 g/mol. The zero-order valence-corrected chi connectivity index (χ0v) is 10.7. The van der Waals surface area contributed by atoms with E-state index >= 15 is 0 Å². The molecule has 0 spiro atoms. The second-order valence-electron chi connectivity index (χ2n) is 4.18. The molecule has 1 aromatic heterocycles. The molecule has 1 amide bonds. The predicted octanol–water partition coefficient (Wildman–Crippen LogP) is 1.56. The third-order valence-electron chi connectivity index (χ3n) is 2.62. The highest BCUT2D eigenvalue weighted by atomic mass is 35.5. The van der Waals surface area contributed by atoms with Crippen LogP contribution in [0.5, 0.6) is 0 Å². The van der Waals surface area contributed by atoms with Crippen LogP contribution in [0.1, 0.15) is 12.8 Å². The van der Waals surface area contributed by atoms with Crippen molar-refractivity contribution in [3.63, 3.8) is 0 Å². The molecule has 19 heavy (non-hydrogen) atoms. The number of nitrogens with one attached hydrogen (secondary N) is 2. The van der Waals surface area contributed by atoms with Crippen molar-refractivity contribution < 1.29 is 18.0 Å². The lowest BCUT2D eigenvalue weighted by atomic mass is 10.2. The molecule has 0 aromatic carbocycles. The van der Waals surface area contributed by atoms with E-state index in [1.807, 2.05) is 0 Å². The third-order valence-corrected chi connectivity index (χ3v) is 2.62. The highest BCUT2D eigenvalue weighted by molar-refractivity contribution is 5.94. The van der Waals surface area contributed by atoms with Gasteiger partial charge in [0.25, 0.3) is 0 Å². The average molecular weight is 299 g/mol. The van der Waals surface area contributed by atoms with Crippen molar-refractivity contribution in [2.75, 3.05) is 11.9 Å². The predicted molar refractivity (Wildman–Crippen MR) is 65.2 cm³/mol. The average Bonchev–Trinajstić information content (AvgIpc) is 2.86. The third kappa shape index (κ3) is 4.71. The van der Waals surface area contributed by atoms with Crippen molar-refractivity contribution in [2.45, 2.75) is 31.6 Å². The Morgan fingerprint density at radius 2 is 2.32 bits per heavy atom. The van der Waals surface area contributed by atoms with Crippen molar-refractivity contribution in [3.05, 3.63) is 12.4 Å². The van der Waals surface area contributed by atoms with Gasteiger partial charge in [-0.15, -0.1) is 12.4 Å².